The highest BCUT2D eigenvalue weighted by Gasteiger charge is 2.43. The van der Waals surface area contributed by atoms with Gasteiger partial charge in [-0.3, -0.25) is 9.59 Å². The molecule has 1 aliphatic rings. The number of hydrogen-bond donors (Lipinski definition) is 1. The standard InChI is InChI=1S/C12H22N2O2/c1-6-8(2)7-14-9(3)10(15)13-12(4,5)11(14)16/h8-9H,6-7H2,1-5H3,(H,13,15). The predicted molar refractivity (Wildman–Crippen MR) is 62.9 cm³/mol. The van der Waals surface area contributed by atoms with E-state index < -0.39 is 5.54 Å². The van der Waals surface area contributed by atoms with E-state index in [0.717, 1.165) is 6.42 Å². The molecule has 1 N–H and O–H groups in total. The van der Waals surface area contributed by atoms with Gasteiger partial charge in [0.25, 0.3) is 0 Å². The SMILES string of the molecule is CCC(C)CN1C(=O)C(C)(C)NC(=O)C1C. The van der Waals surface area contributed by atoms with E-state index in [2.05, 4.69) is 19.2 Å². The Morgan fingerprint density at radius 3 is 2.50 bits per heavy atom. The van der Waals surface area contributed by atoms with Gasteiger partial charge in [0.1, 0.15) is 11.6 Å². The zero-order chi connectivity index (χ0) is 12.5. The Balaban J connectivity index is 2.86. The maximum atomic E-state index is 12.2. The van der Waals surface area contributed by atoms with Gasteiger partial charge in [0.05, 0.1) is 0 Å². The number of nitrogens with zero attached hydrogens (tertiary/aromatic N) is 1. The van der Waals surface area contributed by atoms with Gasteiger partial charge in [0.2, 0.25) is 11.8 Å². The van der Waals surface area contributed by atoms with Crippen molar-refractivity contribution in [1.82, 2.24) is 10.2 Å². The van der Waals surface area contributed by atoms with E-state index in [0.29, 0.717) is 12.5 Å². The Morgan fingerprint density at radius 2 is 2.00 bits per heavy atom. The monoisotopic (exact) mass is 226 g/mol. The van der Waals surface area contributed by atoms with Gasteiger partial charge >= 0.3 is 0 Å². The molecule has 1 heterocycles. The van der Waals surface area contributed by atoms with Gasteiger partial charge in [0.15, 0.2) is 0 Å². The van der Waals surface area contributed by atoms with Crippen molar-refractivity contribution in [3.63, 3.8) is 0 Å². The van der Waals surface area contributed by atoms with Gasteiger partial charge in [0, 0.05) is 6.54 Å². The van der Waals surface area contributed by atoms with Crippen molar-refractivity contribution in [2.45, 2.75) is 52.6 Å². The molecular weight excluding hydrogens is 204 g/mol. The number of nitrogens with one attached hydrogen (secondary N) is 1. The highest BCUT2D eigenvalue weighted by Crippen LogP contribution is 2.19. The first-order valence-corrected chi connectivity index (χ1v) is 5.92. The van der Waals surface area contributed by atoms with Gasteiger partial charge in [-0.2, -0.15) is 0 Å². The Hall–Kier alpha value is -1.06. The molecule has 0 aromatic heterocycles. The Morgan fingerprint density at radius 1 is 1.44 bits per heavy atom. The van der Waals surface area contributed by atoms with Crippen molar-refractivity contribution < 1.29 is 9.59 Å². The maximum absolute atomic E-state index is 12.2. The summed E-state index contributed by atoms with van der Waals surface area (Å²) in [6.45, 7) is 10.1. The second kappa shape index (κ2) is 4.44. The predicted octanol–water partition coefficient (Wildman–Crippen LogP) is 1.16. The number of amides is 2. The number of piperazine rings is 1. The average molecular weight is 226 g/mol. The minimum absolute atomic E-state index is 0.0138. The van der Waals surface area contributed by atoms with Crippen LogP contribution in [0.3, 0.4) is 0 Å². The topological polar surface area (TPSA) is 49.4 Å². The number of carbonyl (C=O) groups excluding carboxylic acids is 2. The van der Waals surface area contributed by atoms with E-state index in [1.807, 2.05) is 0 Å². The molecule has 1 rings (SSSR count). The first kappa shape index (κ1) is 13.0. The van der Waals surface area contributed by atoms with Crippen molar-refractivity contribution in [2.24, 2.45) is 5.92 Å². The summed E-state index contributed by atoms with van der Waals surface area (Å²) in [5.74, 6) is 0.376. The zero-order valence-electron chi connectivity index (χ0n) is 10.8. The van der Waals surface area contributed by atoms with Crippen LogP contribution in [0.2, 0.25) is 0 Å². The lowest BCUT2D eigenvalue weighted by molar-refractivity contribution is -0.153. The molecule has 0 aliphatic carbocycles. The lowest BCUT2D eigenvalue weighted by atomic mass is 9.95. The molecule has 1 fully saturated rings. The van der Waals surface area contributed by atoms with Crippen LogP contribution in [0.4, 0.5) is 0 Å². The maximum Gasteiger partial charge on any atom is 0.248 e. The number of rotatable bonds is 3. The van der Waals surface area contributed by atoms with Crippen molar-refractivity contribution in [1.29, 1.82) is 0 Å². The van der Waals surface area contributed by atoms with E-state index in [-0.39, 0.29) is 17.9 Å². The van der Waals surface area contributed by atoms with Crippen LogP contribution in [0.25, 0.3) is 0 Å². The van der Waals surface area contributed by atoms with Crippen LogP contribution in [0.15, 0.2) is 0 Å². The van der Waals surface area contributed by atoms with Crippen LogP contribution < -0.4 is 5.32 Å². The van der Waals surface area contributed by atoms with Crippen molar-refractivity contribution in [2.75, 3.05) is 6.54 Å². The van der Waals surface area contributed by atoms with Crippen LogP contribution in [0.1, 0.15) is 41.0 Å². The van der Waals surface area contributed by atoms with Crippen molar-refractivity contribution >= 4 is 11.8 Å². The van der Waals surface area contributed by atoms with Crippen LogP contribution in [0, 0.1) is 5.92 Å². The summed E-state index contributed by atoms with van der Waals surface area (Å²) in [5.41, 5.74) is -0.767. The molecule has 0 saturated carbocycles. The Kier molecular flexibility index (Phi) is 3.61. The molecule has 1 saturated heterocycles. The molecule has 1 aliphatic heterocycles. The minimum atomic E-state index is -0.767. The van der Waals surface area contributed by atoms with E-state index in [4.69, 9.17) is 0 Å². The molecule has 16 heavy (non-hydrogen) atoms. The fraction of sp³-hybridized carbons (Fsp3) is 0.833. The molecule has 2 amide bonds. The van der Waals surface area contributed by atoms with Gasteiger partial charge in [-0.15, -0.1) is 0 Å². The van der Waals surface area contributed by atoms with Gasteiger partial charge < -0.3 is 10.2 Å². The number of hydrogen-bond acceptors (Lipinski definition) is 2. The second-order valence-electron chi connectivity index (χ2n) is 5.26. The summed E-state index contributed by atoms with van der Waals surface area (Å²) < 4.78 is 0. The smallest absolute Gasteiger partial charge is 0.248 e. The van der Waals surface area contributed by atoms with Crippen molar-refractivity contribution in [3.05, 3.63) is 0 Å². The van der Waals surface area contributed by atoms with Gasteiger partial charge in [-0.1, -0.05) is 20.3 Å². The van der Waals surface area contributed by atoms with E-state index in [9.17, 15) is 9.59 Å². The van der Waals surface area contributed by atoms with E-state index in [1.54, 1.807) is 25.7 Å². The van der Waals surface area contributed by atoms with Crippen LogP contribution in [0.5, 0.6) is 0 Å². The Labute approximate surface area is 97.4 Å². The Bertz CT molecular complexity index is 299. The van der Waals surface area contributed by atoms with Gasteiger partial charge in [-0.05, 0) is 26.7 Å². The highest BCUT2D eigenvalue weighted by atomic mass is 16.2. The number of carbonyl (C=O) groups is 2. The lowest BCUT2D eigenvalue weighted by Gasteiger charge is -2.42. The lowest BCUT2D eigenvalue weighted by Crippen LogP contribution is -2.67. The summed E-state index contributed by atoms with van der Waals surface area (Å²) in [6.07, 6.45) is 1.01. The first-order chi connectivity index (χ1) is 7.29. The third kappa shape index (κ3) is 2.36. The average Bonchev–Trinajstić information content (AvgIpc) is 2.21. The minimum Gasteiger partial charge on any atom is -0.340 e. The quantitative estimate of drug-likeness (QED) is 0.785. The fourth-order valence-electron chi connectivity index (χ4n) is 1.85. The normalized spacial score (nSPS) is 26.6. The molecule has 0 spiro atoms. The van der Waals surface area contributed by atoms with Crippen molar-refractivity contribution in [3.8, 4) is 0 Å². The largest absolute Gasteiger partial charge is 0.340 e. The summed E-state index contributed by atoms with van der Waals surface area (Å²) in [7, 11) is 0. The van der Waals surface area contributed by atoms with Crippen LogP contribution in [-0.4, -0.2) is 34.8 Å². The summed E-state index contributed by atoms with van der Waals surface area (Å²) in [5, 5.41) is 2.75. The molecule has 0 radical (unpaired) electrons. The molecular formula is C12H22N2O2. The molecule has 4 nitrogen and oxygen atoms in total. The summed E-state index contributed by atoms with van der Waals surface area (Å²) >= 11 is 0. The summed E-state index contributed by atoms with van der Waals surface area (Å²) in [6, 6.07) is -0.352. The second-order valence-corrected chi connectivity index (χ2v) is 5.26. The molecule has 0 bridgehead atoms. The highest BCUT2D eigenvalue weighted by molar-refractivity contribution is 5.99. The third-order valence-corrected chi connectivity index (χ3v) is 3.28. The van der Waals surface area contributed by atoms with E-state index >= 15 is 0 Å². The first-order valence-electron chi connectivity index (χ1n) is 5.92. The van der Waals surface area contributed by atoms with Gasteiger partial charge in [-0.25, -0.2) is 0 Å². The molecule has 0 aromatic carbocycles. The molecule has 4 heteroatoms. The van der Waals surface area contributed by atoms with Crippen LogP contribution in [-0.2, 0) is 9.59 Å². The van der Waals surface area contributed by atoms with E-state index in [1.165, 1.54) is 0 Å². The molecule has 2 unspecified atom stereocenters. The summed E-state index contributed by atoms with van der Waals surface area (Å²) in [4.78, 5) is 25.6. The molecule has 0 aromatic rings. The molecule has 2 atom stereocenters. The van der Waals surface area contributed by atoms with Crippen LogP contribution >= 0.6 is 0 Å². The molecule has 92 valence electrons. The zero-order valence-corrected chi connectivity index (χ0v) is 10.8. The fourth-order valence-corrected chi connectivity index (χ4v) is 1.85. The third-order valence-electron chi connectivity index (χ3n) is 3.28.